The van der Waals surface area contributed by atoms with Gasteiger partial charge in [-0.15, -0.1) is 0 Å². The Morgan fingerprint density at radius 2 is 1.71 bits per heavy atom. The molecule has 0 bridgehead atoms. The Morgan fingerprint density at radius 1 is 0.941 bits per heavy atom. The second-order valence-corrected chi connectivity index (χ2v) is 8.84. The Labute approximate surface area is 192 Å². The second-order valence-electron chi connectivity index (χ2n) is 7.67. The highest BCUT2D eigenvalue weighted by Gasteiger charge is 2.26. The molecule has 9 heteroatoms. The van der Waals surface area contributed by atoms with Crippen LogP contribution in [0.5, 0.6) is 5.75 Å². The van der Waals surface area contributed by atoms with E-state index in [1.165, 1.54) is 30.3 Å². The quantitative estimate of drug-likeness (QED) is 0.201. The molecule has 0 saturated heterocycles. The molecule has 0 fully saturated rings. The van der Waals surface area contributed by atoms with Gasteiger partial charge in [0.2, 0.25) is 5.78 Å². The maximum Gasteiger partial charge on any atom is 0.524 e. The lowest BCUT2D eigenvalue weighted by Gasteiger charge is -2.08. The van der Waals surface area contributed by atoms with Gasteiger partial charge in [0, 0.05) is 22.6 Å². The Balaban J connectivity index is 1.79. The van der Waals surface area contributed by atoms with Crippen molar-refractivity contribution < 1.29 is 32.5 Å². The monoisotopic (exact) mass is 476 g/mol. The van der Waals surface area contributed by atoms with Crippen LogP contribution in [-0.4, -0.2) is 15.6 Å². The van der Waals surface area contributed by atoms with Crippen LogP contribution in [0.2, 0.25) is 0 Å². The average Bonchev–Trinajstić information content (AvgIpc) is 3.18. The SMILES string of the molecule is Cc1cc(=O)oc2c1ccc1oc(C(=O)c3cccc(OP(=O)(O)O)c3)c(-c3ccccc3)c12. The maximum atomic E-state index is 13.6. The predicted molar refractivity (Wildman–Crippen MR) is 125 cm³/mol. The third-order valence-electron chi connectivity index (χ3n) is 5.36. The summed E-state index contributed by atoms with van der Waals surface area (Å²) >= 11 is 0. The summed E-state index contributed by atoms with van der Waals surface area (Å²) in [5.41, 5.74) is 2.08. The predicted octanol–water partition coefficient (Wildman–Crippen LogP) is 5.22. The van der Waals surface area contributed by atoms with Gasteiger partial charge in [-0.05, 0) is 42.3 Å². The first-order valence-corrected chi connectivity index (χ1v) is 11.7. The normalized spacial score (nSPS) is 11.7. The summed E-state index contributed by atoms with van der Waals surface area (Å²) < 4.78 is 27.4. The average molecular weight is 476 g/mol. The molecule has 34 heavy (non-hydrogen) atoms. The third-order valence-corrected chi connectivity index (χ3v) is 5.81. The van der Waals surface area contributed by atoms with Gasteiger partial charge in [-0.25, -0.2) is 9.36 Å². The number of hydrogen-bond acceptors (Lipinski definition) is 6. The van der Waals surface area contributed by atoms with E-state index < -0.39 is 19.2 Å². The number of phosphoric ester groups is 1. The molecular formula is C25H17O8P. The number of ketones is 1. The molecule has 0 amide bonds. The van der Waals surface area contributed by atoms with Crippen LogP contribution in [0.3, 0.4) is 0 Å². The standard InChI is InChI=1S/C25H17O8P/c1-14-12-20(26)32-24-18(14)10-11-19-22(24)21(15-6-3-2-4-7-15)25(31-19)23(27)16-8-5-9-17(13-16)33-34(28,29)30/h2-13H,1H3,(H2,28,29,30). The van der Waals surface area contributed by atoms with Gasteiger partial charge in [0.15, 0.2) is 5.76 Å². The van der Waals surface area contributed by atoms with E-state index in [1.54, 1.807) is 31.2 Å². The van der Waals surface area contributed by atoms with Gasteiger partial charge < -0.3 is 13.4 Å². The molecule has 3 aromatic carbocycles. The summed E-state index contributed by atoms with van der Waals surface area (Å²) in [6.45, 7) is 1.80. The van der Waals surface area contributed by atoms with Crippen molar-refractivity contribution in [2.75, 3.05) is 0 Å². The summed E-state index contributed by atoms with van der Waals surface area (Å²) in [5.74, 6) is -0.704. The number of aryl methyl sites for hydroxylation is 1. The third kappa shape index (κ3) is 3.95. The minimum absolute atomic E-state index is 0.00816. The molecule has 8 nitrogen and oxygen atoms in total. The minimum Gasteiger partial charge on any atom is -0.452 e. The number of carbonyl (C=O) groups is 1. The largest absolute Gasteiger partial charge is 0.524 e. The van der Waals surface area contributed by atoms with Crippen molar-refractivity contribution in [3.05, 3.63) is 100 Å². The van der Waals surface area contributed by atoms with Crippen molar-refractivity contribution in [2.24, 2.45) is 0 Å². The van der Waals surface area contributed by atoms with Gasteiger partial charge in [0.05, 0.1) is 5.39 Å². The maximum absolute atomic E-state index is 13.6. The van der Waals surface area contributed by atoms with Crippen molar-refractivity contribution in [3.8, 4) is 16.9 Å². The first kappa shape index (κ1) is 21.9. The van der Waals surface area contributed by atoms with Crippen LogP contribution in [0.15, 0.2) is 86.4 Å². The highest BCUT2D eigenvalue weighted by Crippen LogP contribution is 2.41. The van der Waals surface area contributed by atoms with Crippen molar-refractivity contribution in [3.63, 3.8) is 0 Å². The van der Waals surface area contributed by atoms with Gasteiger partial charge in [-0.3, -0.25) is 14.6 Å². The smallest absolute Gasteiger partial charge is 0.452 e. The van der Waals surface area contributed by atoms with E-state index in [0.29, 0.717) is 33.1 Å². The number of phosphoric acid groups is 1. The van der Waals surface area contributed by atoms with Crippen molar-refractivity contribution >= 4 is 35.5 Å². The van der Waals surface area contributed by atoms with E-state index in [9.17, 15) is 14.2 Å². The zero-order chi connectivity index (χ0) is 24.0. The Hall–Kier alpha value is -3.97. The molecule has 0 spiro atoms. The molecule has 0 saturated carbocycles. The van der Waals surface area contributed by atoms with E-state index >= 15 is 0 Å². The first-order chi connectivity index (χ1) is 16.2. The Bertz CT molecular complexity index is 1670. The van der Waals surface area contributed by atoms with Crippen molar-refractivity contribution in [1.82, 2.24) is 0 Å². The van der Waals surface area contributed by atoms with Crippen LogP contribution < -0.4 is 10.1 Å². The topological polar surface area (TPSA) is 127 Å². The van der Waals surface area contributed by atoms with Gasteiger partial charge in [0.1, 0.15) is 16.9 Å². The number of fused-ring (bicyclic) bond motifs is 3. The van der Waals surface area contributed by atoms with Crippen LogP contribution in [0, 0.1) is 6.92 Å². The van der Waals surface area contributed by atoms with E-state index in [4.69, 9.17) is 18.6 Å². The summed E-state index contributed by atoms with van der Waals surface area (Å²) in [4.78, 5) is 43.9. The highest BCUT2D eigenvalue weighted by atomic mass is 31.2. The molecule has 2 aromatic heterocycles. The molecular weight excluding hydrogens is 459 g/mol. The molecule has 2 N–H and O–H groups in total. The number of carbonyl (C=O) groups excluding carboxylic acids is 1. The number of benzene rings is 3. The van der Waals surface area contributed by atoms with Crippen molar-refractivity contribution in [1.29, 1.82) is 0 Å². The van der Waals surface area contributed by atoms with Gasteiger partial charge in [-0.1, -0.05) is 42.5 Å². The summed E-state index contributed by atoms with van der Waals surface area (Å²) in [6, 6.07) is 19.4. The highest BCUT2D eigenvalue weighted by molar-refractivity contribution is 7.46. The zero-order valence-electron chi connectivity index (χ0n) is 17.7. The van der Waals surface area contributed by atoms with Crippen LogP contribution >= 0.6 is 7.82 Å². The van der Waals surface area contributed by atoms with Crippen LogP contribution in [0.4, 0.5) is 0 Å². The molecule has 0 unspecified atom stereocenters. The molecule has 170 valence electrons. The van der Waals surface area contributed by atoms with Crippen LogP contribution in [-0.2, 0) is 4.57 Å². The lowest BCUT2D eigenvalue weighted by Crippen LogP contribution is -2.02. The van der Waals surface area contributed by atoms with Crippen LogP contribution in [0.1, 0.15) is 21.7 Å². The minimum atomic E-state index is -4.80. The first-order valence-electron chi connectivity index (χ1n) is 10.2. The summed E-state index contributed by atoms with van der Waals surface area (Å²) in [6.07, 6.45) is 0. The van der Waals surface area contributed by atoms with Gasteiger partial charge >= 0.3 is 13.4 Å². The fourth-order valence-corrected chi connectivity index (χ4v) is 4.35. The van der Waals surface area contributed by atoms with Crippen molar-refractivity contribution in [2.45, 2.75) is 6.92 Å². The number of furan rings is 1. The van der Waals surface area contributed by atoms with E-state index in [-0.39, 0.29) is 17.1 Å². The van der Waals surface area contributed by atoms with E-state index in [0.717, 1.165) is 5.56 Å². The molecule has 5 aromatic rings. The number of rotatable bonds is 5. The van der Waals surface area contributed by atoms with Crippen LogP contribution in [0.25, 0.3) is 33.1 Å². The molecule has 0 aliphatic rings. The summed E-state index contributed by atoms with van der Waals surface area (Å²) in [5, 5.41) is 1.19. The van der Waals surface area contributed by atoms with E-state index in [1.807, 2.05) is 18.2 Å². The molecule has 0 radical (unpaired) electrons. The van der Waals surface area contributed by atoms with Gasteiger partial charge in [0.25, 0.3) is 0 Å². The molecule has 0 atom stereocenters. The molecule has 0 aliphatic carbocycles. The Kier molecular flexibility index (Phi) is 5.21. The molecule has 2 heterocycles. The number of hydrogen-bond donors (Lipinski definition) is 2. The lowest BCUT2D eigenvalue weighted by molar-refractivity contribution is 0.101. The summed E-state index contributed by atoms with van der Waals surface area (Å²) in [7, 11) is -4.80. The Morgan fingerprint density at radius 3 is 2.44 bits per heavy atom. The van der Waals surface area contributed by atoms with E-state index in [2.05, 4.69) is 4.52 Å². The zero-order valence-corrected chi connectivity index (χ0v) is 18.6. The molecule has 0 aliphatic heterocycles. The lowest BCUT2D eigenvalue weighted by atomic mass is 9.96. The second kappa shape index (κ2) is 8.11. The van der Waals surface area contributed by atoms with Gasteiger partial charge in [-0.2, -0.15) is 0 Å². The fraction of sp³-hybridized carbons (Fsp3) is 0.0400. The molecule has 5 rings (SSSR count). The fourth-order valence-electron chi connectivity index (χ4n) is 3.96.